The summed E-state index contributed by atoms with van der Waals surface area (Å²) in [6.45, 7) is 3.25. The molecule has 7 nitrogen and oxygen atoms in total. The average molecular weight is 426 g/mol. The van der Waals surface area contributed by atoms with Gasteiger partial charge in [-0.2, -0.15) is 0 Å². The number of halogens is 1. The van der Waals surface area contributed by atoms with E-state index < -0.39 is 15.1 Å². The average Bonchev–Trinajstić information content (AvgIpc) is 3.24. The summed E-state index contributed by atoms with van der Waals surface area (Å²) in [5.41, 5.74) is 0.552. The molecule has 0 radical (unpaired) electrons. The number of sulfone groups is 1. The molecular formula is C17H16ClN3O4S2. The lowest BCUT2D eigenvalue weighted by Gasteiger charge is -2.07. The number of amides is 1. The lowest BCUT2D eigenvalue weighted by atomic mass is 10.2. The van der Waals surface area contributed by atoms with E-state index >= 15 is 0 Å². The number of rotatable bonds is 6. The molecular weight excluding hydrogens is 410 g/mol. The van der Waals surface area contributed by atoms with Crippen LogP contribution in [-0.2, 0) is 21.1 Å². The molecule has 3 aromatic rings. The number of hydrogen-bond donors (Lipinski definition) is 1. The monoisotopic (exact) mass is 425 g/mol. The fourth-order valence-electron chi connectivity index (χ4n) is 2.22. The van der Waals surface area contributed by atoms with Gasteiger partial charge in [0.15, 0.2) is 9.84 Å². The second-order valence-electron chi connectivity index (χ2n) is 5.96. The molecule has 2 aromatic heterocycles. The summed E-state index contributed by atoms with van der Waals surface area (Å²) in [6.07, 6.45) is 0.150. The summed E-state index contributed by atoms with van der Waals surface area (Å²) in [4.78, 5) is 13.1. The molecule has 3 rings (SSSR count). The number of carbonyl (C=O) groups is 1. The zero-order valence-corrected chi connectivity index (χ0v) is 16.9. The molecule has 2 heterocycles. The minimum Gasteiger partial charge on any atom is -0.403 e. The third kappa shape index (κ3) is 4.55. The topological polar surface area (TPSA) is 102 Å². The van der Waals surface area contributed by atoms with Gasteiger partial charge in [-0.1, -0.05) is 16.7 Å². The normalized spacial score (nSPS) is 11.7. The molecule has 0 aliphatic rings. The molecule has 0 unspecified atom stereocenters. The van der Waals surface area contributed by atoms with E-state index in [1.807, 2.05) is 0 Å². The van der Waals surface area contributed by atoms with Gasteiger partial charge in [0.05, 0.1) is 20.9 Å². The van der Waals surface area contributed by atoms with E-state index in [0.29, 0.717) is 9.90 Å². The van der Waals surface area contributed by atoms with E-state index in [9.17, 15) is 13.2 Å². The van der Waals surface area contributed by atoms with Gasteiger partial charge in [0.1, 0.15) is 0 Å². The van der Waals surface area contributed by atoms with Crippen molar-refractivity contribution in [2.24, 2.45) is 0 Å². The fraction of sp³-hybridized carbons (Fsp3) is 0.235. The second-order valence-corrected chi connectivity index (χ2v) is 10.3. The van der Waals surface area contributed by atoms with Gasteiger partial charge in [-0.3, -0.25) is 10.1 Å². The first-order valence-corrected chi connectivity index (χ1v) is 10.7. The Morgan fingerprint density at radius 3 is 2.48 bits per heavy atom. The van der Waals surface area contributed by atoms with E-state index in [2.05, 4.69) is 15.5 Å². The largest absolute Gasteiger partial charge is 0.403 e. The smallest absolute Gasteiger partial charge is 0.322 e. The van der Waals surface area contributed by atoms with Crippen molar-refractivity contribution in [2.45, 2.75) is 30.4 Å². The number of nitrogens with one attached hydrogen (secondary N) is 1. The first-order valence-electron chi connectivity index (χ1n) is 7.97. The maximum atomic E-state index is 12.2. The summed E-state index contributed by atoms with van der Waals surface area (Å²) < 4.78 is 30.3. The molecule has 0 aliphatic heterocycles. The van der Waals surface area contributed by atoms with Gasteiger partial charge in [0, 0.05) is 10.4 Å². The highest BCUT2D eigenvalue weighted by molar-refractivity contribution is 7.92. The van der Waals surface area contributed by atoms with Crippen LogP contribution >= 0.6 is 22.9 Å². The first-order chi connectivity index (χ1) is 12.8. The number of carbonyl (C=O) groups excluding carboxylic acids is 1. The molecule has 0 bridgehead atoms. The molecule has 142 valence electrons. The molecule has 0 saturated carbocycles. The predicted octanol–water partition coefficient (Wildman–Crippen LogP) is 3.81. The zero-order valence-electron chi connectivity index (χ0n) is 14.5. The number of anilines is 1. The molecule has 0 saturated heterocycles. The number of benzene rings is 1. The minimum atomic E-state index is -3.35. The molecule has 27 heavy (non-hydrogen) atoms. The number of hydrogen-bond acceptors (Lipinski definition) is 7. The maximum Gasteiger partial charge on any atom is 0.322 e. The third-order valence-electron chi connectivity index (χ3n) is 3.69. The Kier molecular flexibility index (Phi) is 5.64. The van der Waals surface area contributed by atoms with Crippen LogP contribution < -0.4 is 5.32 Å². The highest BCUT2D eigenvalue weighted by Gasteiger charge is 2.19. The van der Waals surface area contributed by atoms with Crippen molar-refractivity contribution in [3.8, 4) is 11.5 Å². The lowest BCUT2D eigenvalue weighted by Crippen LogP contribution is -2.13. The fourth-order valence-corrected chi connectivity index (χ4v) is 4.36. The maximum absolute atomic E-state index is 12.2. The van der Waals surface area contributed by atoms with Crippen molar-refractivity contribution in [1.29, 1.82) is 0 Å². The van der Waals surface area contributed by atoms with Crippen molar-refractivity contribution in [3.05, 3.63) is 45.6 Å². The Bertz CT molecular complexity index is 1060. The van der Waals surface area contributed by atoms with Gasteiger partial charge >= 0.3 is 6.01 Å². The quantitative estimate of drug-likeness (QED) is 0.644. The predicted molar refractivity (Wildman–Crippen MR) is 104 cm³/mol. The van der Waals surface area contributed by atoms with Crippen molar-refractivity contribution in [1.82, 2.24) is 10.2 Å². The lowest BCUT2D eigenvalue weighted by molar-refractivity contribution is -0.115. The van der Waals surface area contributed by atoms with Crippen molar-refractivity contribution in [2.75, 3.05) is 5.32 Å². The van der Waals surface area contributed by atoms with Crippen LogP contribution in [0.5, 0.6) is 0 Å². The number of aromatic nitrogens is 2. The molecule has 10 heteroatoms. The molecule has 1 amide bonds. The highest BCUT2D eigenvalue weighted by atomic mass is 35.5. The van der Waals surface area contributed by atoms with Crippen LogP contribution in [0, 0.1) is 0 Å². The Labute approximate surface area is 165 Å². The first kappa shape index (κ1) is 19.5. The number of thiophene rings is 1. The Hall–Kier alpha value is -2.23. The third-order valence-corrected chi connectivity index (χ3v) is 7.09. The Morgan fingerprint density at radius 1 is 1.19 bits per heavy atom. The van der Waals surface area contributed by atoms with Crippen LogP contribution in [0.4, 0.5) is 6.01 Å². The summed E-state index contributed by atoms with van der Waals surface area (Å²) in [6, 6.07) is 9.63. The van der Waals surface area contributed by atoms with E-state index in [-0.39, 0.29) is 29.1 Å². The van der Waals surface area contributed by atoms with Crippen LogP contribution in [0.15, 0.2) is 45.7 Å². The summed E-state index contributed by atoms with van der Waals surface area (Å²) >= 11 is 7.16. The number of nitrogens with zero attached hydrogens (tertiary/aromatic N) is 2. The van der Waals surface area contributed by atoms with Crippen LogP contribution in [0.2, 0.25) is 4.34 Å². The van der Waals surface area contributed by atoms with Crippen LogP contribution in [0.1, 0.15) is 18.7 Å². The molecule has 0 fully saturated rings. The molecule has 1 N–H and O–H groups in total. The minimum absolute atomic E-state index is 0.0310. The van der Waals surface area contributed by atoms with Crippen LogP contribution in [0.3, 0.4) is 0 Å². The van der Waals surface area contributed by atoms with Gasteiger partial charge in [0.25, 0.3) is 0 Å². The van der Waals surface area contributed by atoms with Crippen LogP contribution in [-0.4, -0.2) is 29.8 Å². The van der Waals surface area contributed by atoms with E-state index in [0.717, 1.165) is 4.88 Å². The van der Waals surface area contributed by atoms with Gasteiger partial charge in [-0.25, -0.2) is 8.42 Å². The molecule has 1 aromatic carbocycles. The van der Waals surface area contributed by atoms with Gasteiger partial charge in [0.2, 0.25) is 11.8 Å². The van der Waals surface area contributed by atoms with E-state index in [4.69, 9.17) is 16.0 Å². The van der Waals surface area contributed by atoms with Crippen molar-refractivity contribution < 1.29 is 17.6 Å². The molecule has 0 spiro atoms. The van der Waals surface area contributed by atoms with Gasteiger partial charge in [-0.15, -0.1) is 16.4 Å². The van der Waals surface area contributed by atoms with E-state index in [1.54, 1.807) is 38.1 Å². The van der Waals surface area contributed by atoms with Crippen molar-refractivity contribution >= 4 is 44.7 Å². The Balaban J connectivity index is 1.69. The molecule has 0 aliphatic carbocycles. The SMILES string of the molecule is CC(C)S(=O)(=O)c1ccc(-c2nnc(NC(=O)Cc3ccc(Cl)s3)o2)cc1. The van der Waals surface area contributed by atoms with Gasteiger partial charge in [-0.05, 0) is 50.2 Å². The Morgan fingerprint density at radius 2 is 1.89 bits per heavy atom. The second kappa shape index (κ2) is 7.79. The summed E-state index contributed by atoms with van der Waals surface area (Å²) in [5, 5.41) is 9.69. The van der Waals surface area contributed by atoms with E-state index in [1.165, 1.54) is 23.5 Å². The van der Waals surface area contributed by atoms with Crippen LogP contribution in [0.25, 0.3) is 11.5 Å². The standard InChI is InChI=1S/C17H16ClN3O4S2/c1-10(2)27(23,24)13-6-3-11(4-7-13)16-20-21-17(25-16)19-15(22)9-12-5-8-14(18)26-12/h3-8,10H,9H2,1-2H3,(H,19,21,22). The summed E-state index contributed by atoms with van der Waals surface area (Å²) in [5.74, 6) is -0.125. The summed E-state index contributed by atoms with van der Waals surface area (Å²) in [7, 11) is -3.35. The molecule has 0 atom stereocenters. The zero-order chi connectivity index (χ0) is 19.6. The highest BCUT2D eigenvalue weighted by Crippen LogP contribution is 2.24. The van der Waals surface area contributed by atoms with Crippen molar-refractivity contribution in [3.63, 3.8) is 0 Å². The van der Waals surface area contributed by atoms with Gasteiger partial charge < -0.3 is 4.42 Å².